The van der Waals surface area contributed by atoms with Gasteiger partial charge in [0.05, 0.1) is 6.61 Å². The van der Waals surface area contributed by atoms with Gasteiger partial charge in [0.25, 0.3) is 11.8 Å². The van der Waals surface area contributed by atoms with Crippen LogP contribution in [-0.2, 0) is 23.9 Å². The van der Waals surface area contributed by atoms with Gasteiger partial charge in [0.15, 0.2) is 0 Å². The third-order valence-electron chi connectivity index (χ3n) is 2.39. The van der Waals surface area contributed by atoms with E-state index in [9.17, 15) is 19.2 Å². The molecule has 20 heavy (non-hydrogen) atoms. The summed E-state index contributed by atoms with van der Waals surface area (Å²) < 4.78 is 9.09. The van der Waals surface area contributed by atoms with Gasteiger partial charge >= 0.3 is 12.1 Å². The van der Waals surface area contributed by atoms with Gasteiger partial charge in [0.1, 0.15) is 0 Å². The van der Waals surface area contributed by atoms with Crippen molar-refractivity contribution in [2.24, 2.45) is 5.92 Å². The van der Waals surface area contributed by atoms with Crippen LogP contribution in [0, 0.1) is 5.92 Å². The third-order valence-corrected chi connectivity index (χ3v) is 2.39. The number of ether oxygens (including phenoxy) is 2. The van der Waals surface area contributed by atoms with E-state index in [-0.39, 0.29) is 31.9 Å². The Kier molecular flexibility index (Phi) is 5.89. The van der Waals surface area contributed by atoms with Gasteiger partial charge in [-0.2, -0.15) is 0 Å². The number of rotatable bonds is 6. The fraction of sp³-hybridized carbons (Fsp3) is 0.538. The predicted molar refractivity (Wildman–Crippen MR) is 67.4 cm³/mol. The SMILES string of the molecule is CC(C)COC(=O)OC(=O)CCCN1C(=O)C=CC1=O. The molecule has 1 rings (SSSR count). The molecule has 0 atom stereocenters. The normalized spacial score (nSPS) is 14.1. The molecule has 2 amide bonds. The van der Waals surface area contributed by atoms with Crippen LogP contribution in [0.5, 0.6) is 0 Å². The average Bonchev–Trinajstić information content (AvgIpc) is 2.68. The highest BCUT2D eigenvalue weighted by Gasteiger charge is 2.23. The highest BCUT2D eigenvalue weighted by molar-refractivity contribution is 6.12. The van der Waals surface area contributed by atoms with Crippen molar-refractivity contribution in [3.05, 3.63) is 12.2 Å². The van der Waals surface area contributed by atoms with Crippen LogP contribution >= 0.6 is 0 Å². The summed E-state index contributed by atoms with van der Waals surface area (Å²) in [7, 11) is 0. The van der Waals surface area contributed by atoms with Crippen molar-refractivity contribution in [3.63, 3.8) is 0 Å². The quantitative estimate of drug-likeness (QED) is 0.411. The van der Waals surface area contributed by atoms with Crippen molar-refractivity contribution in [2.75, 3.05) is 13.2 Å². The molecule has 0 saturated heterocycles. The van der Waals surface area contributed by atoms with Gasteiger partial charge in [0.2, 0.25) is 0 Å². The van der Waals surface area contributed by atoms with Crippen LogP contribution in [0.1, 0.15) is 26.7 Å². The molecule has 1 aliphatic heterocycles. The van der Waals surface area contributed by atoms with Crippen LogP contribution in [0.25, 0.3) is 0 Å². The Hall–Kier alpha value is -2.18. The van der Waals surface area contributed by atoms with Crippen LogP contribution in [-0.4, -0.2) is 42.0 Å². The molecule has 0 aromatic rings. The monoisotopic (exact) mass is 283 g/mol. The molecule has 7 heteroatoms. The number of amides is 2. The van der Waals surface area contributed by atoms with Crippen molar-refractivity contribution >= 4 is 23.9 Å². The summed E-state index contributed by atoms with van der Waals surface area (Å²) in [6.45, 7) is 4.00. The average molecular weight is 283 g/mol. The van der Waals surface area contributed by atoms with Gasteiger partial charge in [0, 0.05) is 25.1 Å². The molecule has 0 spiro atoms. The lowest BCUT2D eigenvalue weighted by Crippen LogP contribution is -2.31. The molecule has 1 heterocycles. The minimum atomic E-state index is -1.03. The Morgan fingerprint density at radius 2 is 1.80 bits per heavy atom. The summed E-state index contributed by atoms with van der Waals surface area (Å²) in [5.41, 5.74) is 0. The topological polar surface area (TPSA) is 90.0 Å². The number of carbonyl (C=O) groups excluding carboxylic acids is 4. The van der Waals surface area contributed by atoms with Gasteiger partial charge in [-0.15, -0.1) is 0 Å². The summed E-state index contributed by atoms with van der Waals surface area (Å²) in [5.74, 6) is -1.40. The van der Waals surface area contributed by atoms with E-state index in [4.69, 9.17) is 0 Å². The van der Waals surface area contributed by atoms with E-state index < -0.39 is 23.9 Å². The first kappa shape index (κ1) is 15.9. The molecule has 1 aliphatic rings. The first-order valence-corrected chi connectivity index (χ1v) is 6.31. The second-order valence-electron chi connectivity index (χ2n) is 4.69. The van der Waals surface area contributed by atoms with Crippen molar-refractivity contribution in [2.45, 2.75) is 26.7 Å². The summed E-state index contributed by atoms with van der Waals surface area (Å²) in [6, 6.07) is 0. The first-order valence-electron chi connectivity index (χ1n) is 6.31. The molecular formula is C13H17NO6. The zero-order chi connectivity index (χ0) is 15.1. The van der Waals surface area contributed by atoms with Gasteiger partial charge in [-0.25, -0.2) is 4.79 Å². The van der Waals surface area contributed by atoms with Gasteiger partial charge in [-0.1, -0.05) is 13.8 Å². The number of imide groups is 1. The fourth-order valence-electron chi connectivity index (χ4n) is 1.44. The van der Waals surface area contributed by atoms with E-state index in [2.05, 4.69) is 9.47 Å². The van der Waals surface area contributed by atoms with Crippen molar-refractivity contribution in [1.82, 2.24) is 4.90 Å². The Morgan fingerprint density at radius 3 is 2.35 bits per heavy atom. The Labute approximate surface area is 116 Å². The van der Waals surface area contributed by atoms with Crippen LogP contribution in [0.3, 0.4) is 0 Å². The zero-order valence-electron chi connectivity index (χ0n) is 11.5. The predicted octanol–water partition coefficient (Wildman–Crippen LogP) is 1.03. The Bertz CT molecular complexity index is 422. The molecule has 0 unspecified atom stereocenters. The Balaban J connectivity index is 2.19. The number of hydrogen-bond acceptors (Lipinski definition) is 6. The number of hydrogen-bond donors (Lipinski definition) is 0. The molecule has 0 saturated carbocycles. The van der Waals surface area contributed by atoms with Gasteiger partial charge in [-0.3, -0.25) is 19.3 Å². The number of nitrogens with zero attached hydrogens (tertiary/aromatic N) is 1. The molecular weight excluding hydrogens is 266 g/mol. The smallest absolute Gasteiger partial charge is 0.434 e. The third kappa shape index (κ3) is 5.21. The van der Waals surface area contributed by atoms with E-state index >= 15 is 0 Å². The van der Waals surface area contributed by atoms with Gasteiger partial charge < -0.3 is 9.47 Å². The van der Waals surface area contributed by atoms with Crippen LogP contribution in [0.15, 0.2) is 12.2 Å². The molecule has 0 aromatic heterocycles. The summed E-state index contributed by atoms with van der Waals surface area (Å²) in [4.78, 5) is 45.8. The molecule has 0 aromatic carbocycles. The van der Waals surface area contributed by atoms with Crippen LogP contribution < -0.4 is 0 Å². The zero-order valence-corrected chi connectivity index (χ0v) is 11.5. The maximum atomic E-state index is 11.3. The van der Waals surface area contributed by atoms with Crippen molar-refractivity contribution in [3.8, 4) is 0 Å². The van der Waals surface area contributed by atoms with Crippen LogP contribution in [0.2, 0.25) is 0 Å². The molecule has 0 aliphatic carbocycles. The van der Waals surface area contributed by atoms with Crippen LogP contribution in [0.4, 0.5) is 4.79 Å². The fourth-order valence-corrected chi connectivity index (χ4v) is 1.44. The molecule has 0 radical (unpaired) electrons. The minimum Gasteiger partial charge on any atom is -0.434 e. The summed E-state index contributed by atoms with van der Waals surface area (Å²) >= 11 is 0. The molecule has 0 fully saturated rings. The Morgan fingerprint density at radius 1 is 1.20 bits per heavy atom. The van der Waals surface area contributed by atoms with Crippen molar-refractivity contribution < 1.29 is 28.7 Å². The molecule has 110 valence electrons. The van der Waals surface area contributed by atoms with E-state index in [0.29, 0.717) is 0 Å². The second-order valence-corrected chi connectivity index (χ2v) is 4.69. The number of carbonyl (C=O) groups is 4. The lowest BCUT2D eigenvalue weighted by Gasteiger charge is -2.12. The lowest BCUT2D eigenvalue weighted by atomic mass is 10.2. The summed E-state index contributed by atoms with van der Waals surface area (Å²) in [5, 5.41) is 0. The largest absolute Gasteiger partial charge is 0.516 e. The van der Waals surface area contributed by atoms with Gasteiger partial charge in [-0.05, 0) is 12.3 Å². The van der Waals surface area contributed by atoms with E-state index in [1.54, 1.807) is 0 Å². The van der Waals surface area contributed by atoms with E-state index in [0.717, 1.165) is 4.90 Å². The second kappa shape index (κ2) is 7.42. The number of esters is 1. The lowest BCUT2D eigenvalue weighted by molar-refractivity contribution is -0.142. The maximum absolute atomic E-state index is 11.3. The minimum absolute atomic E-state index is 0.0756. The summed E-state index contributed by atoms with van der Waals surface area (Å²) in [6.07, 6.45) is 1.47. The maximum Gasteiger partial charge on any atom is 0.516 e. The highest BCUT2D eigenvalue weighted by Crippen LogP contribution is 2.06. The first-order chi connectivity index (χ1) is 9.40. The van der Waals surface area contributed by atoms with E-state index in [1.807, 2.05) is 13.8 Å². The van der Waals surface area contributed by atoms with Crippen molar-refractivity contribution in [1.29, 1.82) is 0 Å². The molecule has 0 bridgehead atoms. The van der Waals surface area contributed by atoms with E-state index in [1.165, 1.54) is 12.2 Å². The molecule has 0 N–H and O–H groups in total. The molecule has 7 nitrogen and oxygen atoms in total. The standard InChI is InChI=1S/C13H17NO6/c1-9(2)8-19-13(18)20-12(17)4-3-7-14-10(15)5-6-11(14)16/h5-6,9H,3-4,7-8H2,1-2H3. The highest BCUT2D eigenvalue weighted by atomic mass is 16.7.